The first-order valence-electron chi connectivity index (χ1n) is 20.0. The van der Waals surface area contributed by atoms with Gasteiger partial charge in [0.15, 0.2) is 0 Å². The normalized spacial score (nSPS) is 13.3. The van der Waals surface area contributed by atoms with Gasteiger partial charge in [-0.3, -0.25) is 0 Å². The van der Waals surface area contributed by atoms with Crippen LogP contribution in [0.4, 0.5) is 0 Å². The van der Waals surface area contributed by atoms with Crippen LogP contribution in [0.15, 0.2) is 206 Å². The fourth-order valence-electron chi connectivity index (χ4n) is 10.6. The summed E-state index contributed by atoms with van der Waals surface area (Å²) in [5, 5.41) is 7.73. The van der Waals surface area contributed by atoms with E-state index >= 15 is 0 Å². The van der Waals surface area contributed by atoms with Crippen LogP contribution in [0.5, 0.6) is 0 Å². The van der Waals surface area contributed by atoms with Gasteiger partial charge in [-0.1, -0.05) is 164 Å². The monoisotopic (exact) mass is 754 g/mol. The van der Waals surface area contributed by atoms with Crippen molar-refractivity contribution in [2.45, 2.75) is 5.41 Å². The van der Waals surface area contributed by atoms with Gasteiger partial charge in [-0.05, 0) is 75.8 Å². The maximum Gasteiger partial charge on any atom is 0.0727 e. The molecular formula is C55H34N2S. The SMILES string of the molecule is c1ccc(-n2c3ccccc3c3c4c5ccccc5n(-c5ccc6c(c5)C(c5ccccc5)(c5ccccc5)c5ccccc5-6)c4c4c5ccccc5sc4c32)cc1. The molecule has 0 saturated carbocycles. The van der Waals surface area contributed by atoms with Crippen molar-refractivity contribution in [1.82, 2.24) is 9.13 Å². The van der Waals surface area contributed by atoms with E-state index in [-0.39, 0.29) is 0 Å². The molecule has 1 aliphatic rings. The van der Waals surface area contributed by atoms with Gasteiger partial charge in [-0.25, -0.2) is 0 Å². The molecule has 0 saturated heterocycles. The lowest BCUT2D eigenvalue weighted by Crippen LogP contribution is -2.28. The third kappa shape index (κ3) is 4.06. The number of thiophene rings is 1. The second-order valence-corrected chi connectivity index (χ2v) is 16.6. The molecule has 2 nitrogen and oxygen atoms in total. The van der Waals surface area contributed by atoms with E-state index in [1.807, 2.05) is 11.3 Å². The summed E-state index contributed by atoms with van der Waals surface area (Å²) < 4.78 is 7.70. The molecule has 0 amide bonds. The minimum absolute atomic E-state index is 0.496. The molecule has 12 aromatic rings. The average Bonchev–Trinajstić information content (AvgIpc) is 4.03. The highest BCUT2D eigenvalue weighted by molar-refractivity contribution is 7.27. The van der Waals surface area contributed by atoms with Crippen LogP contribution in [-0.4, -0.2) is 9.13 Å². The Bertz CT molecular complexity index is 3570. The number of benzene rings is 9. The molecule has 0 spiro atoms. The molecule has 58 heavy (non-hydrogen) atoms. The van der Waals surface area contributed by atoms with Crippen LogP contribution < -0.4 is 0 Å². The van der Waals surface area contributed by atoms with Crippen LogP contribution in [0, 0.1) is 0 Å². The molecule has 0 atom stereocenters. The van der Waals surface area contributed by atoms with E-state index in [4.69, 9.17) is 0 Å². The zero-order valence-corrected chi connectivity index (χ0v) is 32.2. The molecule has 13 rings (SSSR count). The van der Waals surface area contributed by atoms with Crippen molar-refractivity contribution in [2.75, 3.05) is 0 Å². The molecule has 3 heterocycles. The van der Waals surface area contributed by atoms with E-state index in [0.29, 0.717) is 0 Å². The number of para-hydroxylation sites is 3. The van der Waals surface area contributed by atoms with Crippen molar-refractivity contribution in [2.24, 2.45) is 0 Å². The van der Waals surface area contributed by atoms with Crippen LogP contribution in [0.2, 0.25) is 0 Å². The minimum Gasteiger partial charge on any atom is -0.309 e. The molecule has 9 aromatic carbocycles. The second kappa shape index (κ2) is 11.9. The van der Waals surface area contributed by atoms with Crippen LogP contribution in [-0.2, 0) is 5.41 Å². The van der Waals surface area contributed by atoms with Gasteiger partial charge < -0.3 is 9.13 Å². The molecule has 1 aliphatic carbocycles. The first-order valence-corrected chi connectivity index (χ1v) is 20.8. The van der Waals surface area contributed by atoms with E-state index in [0.717, 1.165) is 5.69 Å². The molecule has 0 fully saturated rings. The van der Waals surface area contributed by atoms with Gasteiger partial charge in [0.05, 0.1) is 32.2 Å². The van der Waals surface area contributed by atoms with Crippen molar-refractivity contribution in [3.8, 4) is 22.5 Å². The fraction of sp³-hybridized carbons (Fsp3) is 0.0182. The molecule has 0 bridgehead atoms. The Morgan fingerprint density at radius 2 is 0.879 bits per heavy atom. The maximum atomic E-state index is 2.59. The first kappa shape index (κ1) is 31.9. The highest BCUT2D eigenvalue weighted by Crippen LogP contribution is 2.57. The number of hydrogen-bond donors (Lipinski definition) is 0. The number of hydrogen-bond acceptors (Lipinski definition) is 1. The third-order valence-electron chi connectivity index (χ3n) is 12.8. The number of rotatable bonds is 4. The van der Waals surface area contributed by atoms with E-state index in [9.17, 15) is 0 Å². The highest BCUT2D eigenvalue weighted by Gasteiger charge is 2.46. The van der Waals surface area contributed by atoms with Gasteiger partial charge >= 0.3 is 0 Å². The summed E-state index contributed by atoms with van der Waals surface area (Å²) in [6.07, 6.45) is 0. The quantitative estimate of drug-likeness (QED) is 0.169. The lowest BCUT2D eigenvalue weighted by atomic mass is 9.67. The fourth-order valence-corrected chi connectivity index (χ4v) is 11.8. The topological polar surface area (TPSA) is 9.86 Å². The van der Waals surface area contributed by atoms with E-state index in [2.05, 4.69) is 215 Å². The molecule has 3 heteroatoms. The molecule has 0 unspecified atom stereocenters. The predicted molar refractivity (Wildman–Crippen MR) is 245 cm³/mol. The largest absolute Gasteiger partial charge is 0.309 e. The predicted octanol–water partition coefficient (Wildman–Crippen LogP) is 14.6. The third-order valence-corrected chi connectivity index (χ3v) is 13.9. The smallest absolute Gasteiger partial charge is 0.0727 e. The van der Waals surface area contributed by atoms with E-state index in [1.165, 1.54) is 103 Å². The number of fused-ring (bicyclic) bond motifs is 15. The Morgan fingerprint density at radius 1 is 0.362 bits per heavy atom. The Labute approximate surface area is 339 Å². The summed E-state index contributed by atoms with van der Waals surface area (Å²) in [7, 11) is 0. The van der Waals surface area contributed by atoms with Crippen molar-refractivity contribution in [3.63, 3.8) is 0 Å². The summed E-state index contributed by atoms with van der Waals surface area (Å²) in [5.74, 6) is 0. The lowest BCUT2D eigenvalue weighted by Gasteiger charge is -2.34. The second-order valence-electron chi connectivity index (χ2n) is 15.5. The Balaban J connectivity index is 1.24. The Kier molecular flexibility index (Phi) is 6.56. The molecule has 270 valence electrons. The highest BCUT2D eigenvalue weighted by atomic mass is 32.1. The number of aromatic nitrogens is 2. The van der Waals surface area contributed by atoms with E-state index in [1.54, 1.807) is 0 Å². The molecule has 0 radical (unpaired) electrons. The maximum absolute atomic E-state index is 2.59. The summed E-state index contributed by atoms with van der Waals surface area (Å²) in [4.78, 5) is 0. The van der Waals surface area contributed by atoms with Gasteiger partial charge in [-0.15, -0.1) is 11.3 Å². The van der Waals surface area contributed by atoms with Crippen molar-refractivity contribution in [1.29, 1.82) is 0 Å². The zero-order valence-electron chi connectivity index (χ0n) is 31.4. The van der Waals surface area contributed by atoms with Crippen LogP contribution in [0.3, 0.4) is 0 Å². The molecule has 0 aliphatic heterocycles. The van der Waals surface area contributed by atoms with Gasteiger partial charge in [0.2, 0.25) is 0 Å². The van der Waals surface area contributed by atoms with Gasteiger partial charge in [-0.2, -0.15) is 0 Å². The van der Waals surface area contributed by atoms with E-state index < -0.39 is 5.41 Å². The molecule has 3 aromatic heterocycles. The summed E-state index contributed by atoms with van der Waals surface area (Å²) in [6.45, 7) is 0. The lowest BCUT2D eigenvalue weighted by molar-refractivity contribution is 0.767. The Hall–Kier alpha value is -7.20. The standard InChI is InChI=1S/C55H34N2S/c1-4-18-35(19-5-1)55(36-20-6-2-7-21-36)44-28-14-10-24-39(44)40-33-32-38(34-45(40)55)57-47-30-16-11-25-41(47)49-50-42-26-12-15-29-46(42)56(37-22-8-3-9-23-37)53(50)54-51(52(49)57)43-27-13-17-31-48(43)58-54/h1-34H. The van der Waals surface area contributed by atoms with Crippen LogP contribution >= 0.6 is 11.3 Å². The summed E-state index contributed by atoms with van der Waals surface area (Å²) in [5.41, 5.74) is 14.6. The van der Waals surface area contributed by atoms with Gasteiger partial charge in [0.1, 0.15) is 0 Å². The van der Waals surface area contributed by atoms with Crippen molar-refractivity contribution < 1.29 is 0 Å². The van der Waals surface area contributed by atoms with Crippen molar-refractivity contribution in [3.05, 3.63) is 229 Å². The molecule has 0 N–H and O–H groups in total. The number of nitrogens with zero attached hydrogens (tertiary/aromatic N) is 2. The van der Waals surface area contributed by atoms with Gasteiger partial charge in [0.25, 0.3) is 0 Å². The van der Waals surface area contributed by atoms with Crippen LogP contribution in [0.25, 0.3) is 86.3 Å². The molecular weight excluding hydrogens is 721 g/mol. The zero-order chi connectivity index (χ0) is 38.0. The summed E-state index contributed by atoms with van der Waals surface area (Å²) in [6, 6.07) is 76.5. The average molecular weight is 755 g/mol. The van der Waals surface area contributed by atoms with Gasteiger partial charge in [0, 0.05) is 48.4 Å². The van der Waals surface area contributed by atoms with Crippen LogP contribution in [0.1, 0.15) is 22.3 Å². The Morgan fingerprint density at radius 3 is 1.57 bits per heavy atom. The summed E-state index contributed by atoms with van der Waals surface area (Å²) >= 11 is 1.92. The first-order chi connectivity index (χ1) is 28.8. The van der Waals surface area contributed by atoms with Crippen molar-refractivity contribution >= 4 is 75.1 Å². The minimum atomic E-state index is -0.496.